The lowest BCUT2D eigenvalue weighted by molar-refractivity contribution is -0.688. The maximum Gasteiger partial charge on any atom is 0.504 e. The smallest absolute Gasteiger partial charge is 0.504 e. The lowest BCUT2D eigenvalue weighted by atomic mass is 9.80. The SMILES string of the molecule is OBOc1ccc(C[n+]2ccc(-c3ccc(-c4cc[n+](Cc5ccc(B(O)O)cc5)cc4)nc3)cc2)cc1. The van der Waals surface area contributed by atoms with Crippen LogP contribution in [-0.2, 0) is 13.1 Å². The zero-order valence-electron chi connectivity index (χ0n) is 20.8. The first kappa shape index (κ1) is 25.4. The summed E-state index contributed by atoms with van der Waals surface area (Å²) in [5, 5.41) is 27.3. The van der Waals surface area contributed by atoms with Gasteiger partial charge in [-0.05, 0) is 41.4 Å². The van der Waals surface area contributed by atoms with Crippen LogP contribution in [0.25, 0.3) is 22.4 Å². The van der Waals surface area contributed by atoms with Crippen LogP contribution in [0.4, 0.5) is 0 Å². The van der Waals surface area contributed by atoms with E-state index in [9.17, 15) is 10.0 Å². The fourth-order valence-electron chi connectivity index (χ4n) is 4.21. The van der Waals surface area contributed by atoms with Gasteiger partial charge in [0.1, 0.15) is 5.75 Å². The molecule has 5 rings (SSSR count). The maximum absolute atomic E-state index is 9.24. The molecule has 3 aromatic heterocycles. The molecule has 2 aromatic carbocycles. The van der Waals surface area contributed by atoms with Crippen molar-refractivity contribution in [2.75, 3.05) is 0 Å². The predicted molar refractivity (Wildman–Crippen MR) is 146 cm³/mol. The number of benzene rings is 2. The number of aromatic nitrogens is 3. The summed E-state index contributed by atoms with van der Waals surface area (Å²) in [7, 11) is -1.77. The molecule has 9 heteroatoms. The largest absolute Gasteiger partial charge is 0.539 e. The lowest BCUT2D eigenvalue weighted by Crippen LogP contribution is -2.34. The first-order chi connectivity index (χ1) is 18.6. The third-order valence-corrected chi connectivity index (χ3v) is 6.34. The highest BCUT2D eigenvalue weighted by atomic mass is 16.5. The maximum atomic E-state index is 9.24. The second kappa shape index (κ2) is 11.8. The van der Waals surface area contributed by atoms with Crippen molar-refractivity contribution in [3.8, 4) is 28.1 Å². The van der Waals surface area contributed by atoms with E-state index in [1.54, 1.807) is 12.1 Å². The number of hydrogen-bond donors (Lipinski definition) is 3. The Morgan fingerprint density at radius 3 is 1.71 bits per heavy atom. The molecule has 0 amide bonds. The molecule has 0 aliphatic carbocycles. The van der Waals surface area contributed by atoms with Gasteiger partial charge in [-0.15, -0.1) is 0 Å². The van der Waals surface area contributed by atoms with Crippen molar-refractivity contribution in [2.45, 2.75) is 13.1 Å². The molecule has 0 unspecified atom stereocenters. The highest BCUT2D eigenvalue weighted by Crippen LogP contribution is 2.21. The van der Waals surface area contributed by atoms with Crippen molar-refractivity contribution in [1.82, 2.24) is 4.98 Å². The van der Waals surface area contributed by atoms with E-state index in [4.69, 9.17) is 9.68 Å². The van der Waals surface area contributed by atoms with E-state index in [1.807, 2.05) is 73.2 Å². The Morgan fingerprint density at radius 1 is 0.658 bits per heavy atom. The summed E-state index contributed by atoms with van der Waals surface area (Å²) in [5.74, 6) is 0.648. The van der Waals surface area contributed by atoms with Gasteiger partial charge in [0.2, 0.25) is 0 Å². The third kappa shape index (κ3) is 6.33. The van der Waals surface area contributed by atoms with Crippen LogP contribution >= 0.6 is 0 Å². The van der Waals surface area contributed by atoms with Gasteiger partial charge in [0.15, 0.2) is 37.9 Å². The minimum absolute atomic E-state index is 0.326. The fraction of sp³-hybridized carbons (Fsp3) is 0.0690. The van der Waals surface area contributed by atoms with Crippen molar-refractivity contribution in [3.05, 3.63) is 127 Å². The number of hydrogen-bond acceptors (Lipinski definition) is 5. The number of rotatable bonds is 9. The molecule has 0 radical (unpaired) electrons. The first-order valence-corrected chi connectivity index (χ1v) is 12.3. The Labute approximate surface area is 222 Å². The van der Waals surface area contributed by atoms with E-state index >= 15 is 0 Å². The van der Waals surface area contributed by atoms with Crippen LogP contribution in [0, 0.1) is 0 Å². The summed E-state index contributed by atoms with van der Waals surface area (Å²) >= 11 is 0. The molecule has 38 heavy (non-hydrogen) atoms. The number of nitrogens with zero attached hydrogens (tertiary/aromatic N) is 3. The van der Waals surface area contributed by atoms with Crippen LogP contribution in [0.3, 0.4) is 0 Å². The molecule has 0 bridgehead atoms. The van der Waals surface area contributed by atoms with E-state index < -0.39 is 7.12 Å². The van der Waals surface area contributed by atoms with Gasteiger partial charge in [-0.2, -0.15) is 0 Å². The number of pyridine rings is 3. The Hall–Kier alpha value is -4.30. The van der Waals surface area contributed by atoms with E-state index in [0.717, 1.165) is 40.1 Å². The van der Waals surface area contributed by atoms with Gasteiger partial charge in [0, 0.05) is 52.7 Å². The Balaban J connectivity index is 1.21. The summed E-state index contributed by atoms with van der Waals surface area (Å²) in [4.78, 5) is 4.69. The van der Waals surface area contributed by atoms with Crippen molar-refractivity contribution in [1.29, 1.82) is 0 Å². The van der Waals surface area contributed by atoms with E-state index in [2.05, 4.69) is 44.7 Å². The molecule has 0 saturated heterocycles. The molecule has 0 aliphatic heterocycles. The summed E-state index contributed by atoms with van der Waals surface area (Å²) in [5.41, 5.74) is 6.78. The molecule has 3 heterocycles. The van der Waals surface area contributed by atoms with Crippen molar-refractivity contribution >= 4 is 20.3 Å². The van der Waals surface area contributed by atoms with Crippen LogP contribution in [0.1, 0.15) is 11.1 Å². The fourth-order valence-corrected chi connectivity index (χ4v) is 4.21. The molecule has 0 aliphatic rings. The van der Waals surface area contributed by atoms with Crippen LogP contribution in [0.5, 0.6) is 5.75 Å². The quantitative estimate of drug-likeness (QED) is 0.209. The Morgan fingerprint density at radius 2 is 1.21 bits per heavy atom. The van der Waals surface area contributed by atoms with Crippen molar-refractivity contribution < 1.29 is 28.9 Å². The second-order valence-corrected chi connectivity index (χ2v) is 8.98. The average molecular weight is 503 g/mol. The predicted octanol–water partition coefficient (Wildman–Crippen LogP) is 1.40. The average Bonchev–Trinajstić information content (AvgIpc) is 2.96. The minimum Gasteiger partial charge on any atom is -0.539 e. The molecule has 0 fully saturated rings. The molecule has 186 valence electrons. The Bertz CT molecular complexity index is 1460. The zero-order valence-corrected chi connectivity index (χ0v) is 20.8. The molecule has 7 nitrogen and oxygen atoms in total. The van der Waals surface area contributed by atoms with Gasteiger partial charge in [-0.25, -0.2) is 9.13 Å². The van der Waals surface area contributed by atoms with Crippen molar-refractivity contribution in [2.24, 2.45) is 0 Å². The van der Waals surface area contributed by atoms with Gasteiger partial charge in [0.25, 0.3) is 0 Å². The monoisotopic (exact) mass is 503 g/mol. The van der Waals surface area contributed by atoms with E-state index in [-0.39, 0.29) is 7.69 Å². The summed E-state index contributed by atoms with van der Waals surface area (Å²) in [6.07, 6.45) is 10.0. The highest BCUT2D eigenvalue weighted by molar-refractivity contribution is 6.58. The molecule has 3 N–H and O–H groups in total. The summed E-state index contributed by atoms with van der Waals surface area (Å²) in [6, 6.07) is 27.3. The summed E-state index contributed by atoms with van der Waals surface area (Å²) < 4.78 is 9.25. The van der Waals surface area contributed by atoms with Crippen LogP contribution < -0.4 is 19.3 Å². The molecule has 0 atom stereocenters. The van der Waals surface area contributed by atoms with Gasteiger partial charge >= 0.3 is 14.8 Å². The molecular weight excluding hydrogens is 476 g/mol. The van der Waals surface area contributed by atoms with Gasteiger partial charge in [0.05, 0.1) is 5.69 Å². The normalized spacial score (nSPS) is 10.7. The standard InChI is InChI=1S/C29H27B2N3O4/c35-30-38-28-8-3-23(4-9-28)21-33-15-11-24(12-16-33)26-5-10-29(32-19-26)25-13-17-34(18-14-25)20-22-1-6-27(7-2-22)31(36)37/h1-19,30,35-37H,20-21H2/q+2. The highest BCUT2D eigenvalue weighted by Gasteiger charge is 2.12. The topological polar surface area (TPSA) is 90.6 Å². The van der Waals surface area contributed by atoms with Crippen LogP contribution in [0.2, 0.25) is 0 Å². The molecule has 5 aromatic rings. The van der Waals surface area contributed by atoms with Crippen molar-refractivity contribution in [3.63, 3.8) is 0 Å². The molecule has 0 spiro atoms. The Kier molecular flexibility index (Phi) is 7.89. The van der Waals surface area contributed by atoms with Crippen LogP contribution in [0.15, 0.2) is 116 Å². The minimum atomic E-state index is -1.45. The molecular formula is C29H27B2N3O4+2. The first-order valence-electron chi connectivity index (χ1n) is 12.3. The van der Waals surface area contributed by atoms with Gasteiger partial charge in [-0.3, -0.25) is 4.98 Å². The van der Waals surface area contributed by atoms with E-state index in [0.29, 0.717) is 17.8 Å². The van der Waals surface area contributed by atoms with Gasteiger partial charge in [-0.1, -0.05) is 30.3 Å². The van der Waals surface area contributed by atoms with Crippen LogP contribution in [-0.4, -0.2) is 34.9 Å². The van der Waals surface area contributed by atoms with Gasteiger partial charge < -0.3 is 19.7 Å². The lowest BCUT2D eigenvalue weighted by Gasteiger charge is -2.05. The zero-order chi connectivity index (χ0) is 26.3. The molecule has 0 saturated carbocycles. The summed E-state index contributed by atoms with van der Waals surface area (Å²) in [6.45, 7) is 1.42. The van der Waals surface area contributed by atoms with E-state index in [1.165, 1.54) is 0 Å². The second-order valence-electron chi connectivity index (χ2n) is 8.98. The third-order valence-electron chi connectivity index (χ3n) is 6.34.